The summed E-state index contributed by atoms with van der Waals surface area (Å²) in [4.78, 5) is 13.8. The molecule has 1 aliphatic rings. The number of amides is 1. The van der Waals surface area contributed by atoms with Crippen molar-refractivity contribution in [3.63, 3.8) is 0 Å². The van der Waals surface area contributed by atoms with Gasteiger partial charge in [0.1, 0.15) is 0 Å². The molecule has 2 rings (SSSR count). The lowest BCUT2D eigenvalue weighted by molar-refractivity contribution is -0.137. The first kappa shape index (κ1) is 12.1. The molecule has 1 amide bonds. The molecule has 1 aromatic rings. The lowest BCUT2D eigenvalue weighted by Crippen LogP contribution is -2.46. The number of rotatable bonds is 4. The van der Waals surface area contributed by atoms with Gasteiger partial charge < -0.3 is 10.6 Å². The van der Waals surface area contributed by atoms with Crippen LogP contribution >= 0.6 is 0 Å². The molecule has 0 saturated heterocycles. The molecule has 0 aromatic heterocycles. The average molecular weight is 232 g/mol. The van der Waals surface area contributed by atoms with Crippen LogP contribution in [0.15, 0.2) is 30.3 Å². The summed E-state index contributed by atoms with van der Waals surface area (Å²) < 4.78 is 0. The van der Waals surface area contributed by atoms with Gasteiger partial charge in [0.25, 0.3) is 0 Å². The van der Waals surface area contributed by atoms with E-state index in [9.17, 15) is 4.79 Å². The van der Waals surface area contributed by atoms with E-state index in [0.29, 0.717) is 0 Å². The summed E-state index contributed by atoms with van der Waals surface area (Å²) in [5.74, 6) is 0.424. The maximum atomic E-state index is 12.0. The minimum Gasteiger partial charge on any atom is -0.345 e. The van der Waals surface area contributed by atoms with Gasteiger partial charge in [-0.1, -0.05) is 30.3 Å². The maximum Gasteiger partial charge on any atom is 0.225 e. The number of likely N-dealkylation sites (N-methyl/N-ethyl adjacent to an activating group) is 1. The van der Waals surface area contributed by atoms with Gasteiger partial charge in [-0.05, 0) is 24.8 Å². The summed E-state index contributed by atoms with van der Waals surface area (Å²) in [6.45, 7) is 0.786. The number of nitrogens with two attached hydrogens (primary N) is 1. The highest BCUT2D eigenvalue weighted by Crippen LogP contribution is 2.27. The van der Waals surface area contributed by atoms with E-state index in [4.69, 9.17) is 5.73 Å². The van der Waals surface area contributed by atoms with Gasteiger partial charge in [0.15, 0.2) is 0 Å². The zero-order valence-corrected chi connectivity index (χ0v) is 10.3. The zero-order valence-electron chi connectivity index (χ0n) is 10.3. The van der Waals surface area contributed by atoms with Crippen molar-refractivity contribution in [3.05, 3.63) is 35.9 Å². The number of carbonyl (C=O) groups excluding carboxylic acids is 1. The molecule has 0 heterocycles. The molecule has 1 aromatic carbocycles. The molecule has 0 bridgehead atoms. The Morgan fingerprint density at radius 1 is 1.35 bits per heavy atom. The molecule has 3 heteroatoms. The van der Waals surface area contributed by atoms with Crippen LogP contribution in [0.5, 0.6) is 0 Å². The lowest BCUT2D eigenvalue weighted by Gasteiger charge is -2.34. The second kappa shape index (κ2) is 5.32. The molecule has 0 spiro atoms. The molecule has 0 atom stereocenters. The Labute approximate surface area is 103 Å². The Kier molecular flexibility index (Phi) is 3.79. The van der Waals surface area contributed by atoms with Crippen LogP contribution in [0.25, 0.3) is 0 Å². The summed E-state index contributed by atoms with van der Waals surface area (Å²) in [7, 11) is 1.88. The van der Waals surface area contributed by atoms with Gasteiger partial charge in [0, 0.05) is 25.6 Å². The summed E-state index contributed by atoms with van der Waals surface area (Å²) in [6, 6.07) is 10.5. The molecular weight excluding hydrogens is 212 g/mol. The fourth-order valence-corrected chi connectivity index (χ4v) is 2.23. The van der Waals surface area contributed by atoms with Crippen LogP contribution in [0.2, 0.25) is 0 Å². The van der Waals surface area contributed by atoms with Crippen molar-refractivity contribution < 1.29 is 4.79 Å². The van der Waals surface area contributed by atoms with Gasteiger partial charge in [-0.3, -0.25) is 4.79 Å². The standard InChI is InChI=1S/C14H20N2O/c1-16(14(17)12-9-13(15)10-12)8-7-11-5-3-2-4-6-11/h2-6,12-13H,7-10,15H2,1H3. The predicted octanol–water partition coefficient (Wildman–Crippen LogP) is 1.42. The van der Waals surface area contributed by atoms with Gasteiger partial charge in [-0.2, -0.15) is 0 Å². The van der Waals surface area contributed by atoms with E-state index >= 15 is 0 Å². The Morgan fingerprint density at radius 2 is 2.00 bits per heavy atom. The van der Waals surface area contributed by atoms with Gasteiger partial charge >= 0.3 is 0 Å². The molecule has 17 heavy (non-hydrogen) atoms. The number of carbonyl (C=O) groups is 1. The predicted molar refractivity (Wildman–Crippen MR) is 68.5 cm³/mol. The van der Waals surface area contributed by atoms with Crippen molar-refractivity contribution in [1.29, 1.82) is 0 Å². The number of hydrogen-bond donors (Lipinski definition) is 1. The largest absolute Gasteiger partial charge is 0.345 e. The van der Waals surface area contributed by atoms with Crippen molar-refractivity contribution in [2.75, 3.05) is 13.6 Å². The summed E-state index contributed by atoms with van der Waals surface area (Å²) in [5, 5.41) is 0. The highest BCUT2D eigenvalue weighted by atomic mass is 16.2. The van der Waals surface area contributed by atoms with E-state index in [0.717, 1.165) is 25.8 Å². The Balaban J connectivity index is 1.77. The van der Waals surface area contributed by atoms with E-state index in [2.05, 4.69) is 12.1 Å². The summed E-state index contributed by atoms with van der Waals surface area (Å²) >= 11 is 0. The second-order valence-corrected chi connectivity index (χ2v) is 4.92. The second-order valence-electron chi connectivity index (χ2n) is 4.92. The molecule has 3 nitrogen and oxygen atoms in total. The van der Waals surface area contributed by atoms with Crippen LogP contribution in [0, 0.1) is 5.92 Å². The SMILES string of the molecule is CN(CCc1ccccc1)C(=O)C1CC(N)C1. The van der Waals surface area contributed by atoms with Crippen LogP contribution < -0.4 is 5.73 Å². The van der Waals surface area contributed by atoms with E-state index in [1.165, 1.54) is 5.56 Å². The van der Waals surface area contributed by atoms with Crippen molar-refractivity contribution >= 4 is 5.91 Å². The molecule has 92 valence electrons. The minimum atomic E-state index is 0.172. The number of benzene rings is 1. The number of hydrogen-bond acceptors (Lipinski definition) is 2. The van der Waals surface area contributed by atoms with E-state index < -0.39 is 0 Å². The molecular formula is C14H20N2O. The minimum absolute atomic E-state index is 0.172. The normalized spacial score (nSPS) is 22.9. The van der Waals surface area contributed by atoms with Gasteiger partial charge in [0.2, 0.25) is 5.91 Å². The van der Waals surface area contributed by atoms with Crippen LogP contribution in [0.1, 0.15) is 18.4 Å². The molecule has 2 N–H and O–H groups in total. The van der Waals surface area contributed by atoms with E-state index in [1.807, 2.05) is 30.1 Å². The van der Waals surface area contributed by atoms with Crippen molar-refractivity contribution in [1.82, 2.24) is 4.90 Å². The fraction of sp³-hybridized carbons (Fsp3) is 0.500. The molecule has 1 fully saturated rings. The maximum absolute atomic E-state index is 12.0. The molecule has 0 unspecified atom stereocenters. The van der Waals surface area contributed by atoms with Crippen molar-refractivity contribution in [3.8, 4) is 0 Å². The summed E-state index contributed by atoms with van der Waals surface area (Å²) in [6.07, 6.45) is 2.63. The first-order chi connectivity index (χ1) is 8.16. The Morgan fingerprint density at radius 3 is 2.59 bits per heavy atom. The average Bonchev–Trinajstić information content (AvgIpc) is 2.32. The number of nitrogens with zero attached hydrogens (tertiary/aromatic N) is 1. The summed E-state index contributed by atoms with van der Waals surface area (Å²) in [5.41, 5.74) is 6.98. The van der Waals surface area contributed by atoms with Crippen LogP contribution in [-0.4, -0.2) is 30.4 Å². The third-order valence-electron chi connectivity index (χ3n) is 3.48. The quantitative estimate of drug-likeness (QED) is 0.853. The topological polar surface area (TPSA) is 46.3 Å². The van der Waals surface area contributed by atoms with Crippen LogP contribution in [-0.2, 0) is 11.2 Å². The van der Waals surface area contributed by atoms with E-state index in [1.54, 1.807) is 0 Å². The highest BCUT2D eigenvalue weighted by molar-refractivity contribution is 5.79. The molecule has 0 aliphatic heterocycles. The van der Waals surface area contributed by atoms with Crippen molar-refractivity contribution in [2.45, 2.75) is 25.3 Å². The third kappa shape index (κ3) is 3.07. The molecule has 0 radical (unpaired) electrons. The third-order valence-corrected chi connectivity index (χ3v) is 3.48. The van der Waals surface area contributed by atoms with Gasteiger partial charge in [0.05, 0.1) is 0 Å². The lowest BCUT2D eigenvalue weighted by atomic mass is 9.80. The van der Waals surface area contributed by atoms with Gasteiger partial charge in [-0.25, -0.2) is 0 Å². The zero-order chi connectivity index (χ0) is 12.3. The molecule has 1 aliphatic carbocycles. The van der Waals surface area contributed by atoms with Crippen LogP contribution in [0.3, 0.4) is 0 Å². The molecule has 1 saturated carbocycles. The fourth-order valence-electron chi connectivity index (χ4n) is 2.23. The van der Waals surface area contributed by atoms with Crippen molar-refractivity contribution in [2.24, 2.45) is 11.7 Å². The Bertz CT molecular complexity index is 371. The van der Waals surface area contributed by atoms with Crippen LogP contribution in [0.4, 0.5) is 0 Å². The smallest absolute Gasteiger partial charge is 0.225 e. The van der Waals surface area contributed by atoms with E-state index in [-0.39, 0.29) is 17.9 Å². The monoisotopic (exact) mass is 232 g/mol. The highest BCUT2D eigenvalue weighted by Gasteiger charge is 2.33. The first-order valence-electron chi connectivity index (χ1n) is 6.21. The first-order valence-corrected chi connectivity index (χ1v) is 6.21. The van der Waals surface area contributed by atoms with Gasteiger partial charge in [-0.15, -0.1) is 0 Å². The Hall–Kier alpha value is -1.35.